The predicted molar refractivity (Wildman–Crippen MR) is 148 cm³/mol. The number of rotatable bonds is 11. The van der Waals surface area contributed by atoms with Crippen LogP contribution < -0.4 is 15.4 Å². The van der Waals surface area contributed by atoms with Gasteiger partial charge in [-0.25, -0.2) is 9.59 Å². The number of methoxy groups -OCH3 is 1. The standard InChI is InChI=1S/C31H38N2O5/c1-30(2,3)38-29(35)33-31(4,28(34)36-5)20-24-15-12-18-26(19-24)37-22-27(25-16-10-7-11-17-25)32-21-23-13-8-6-9-14-23/h6-19,27,32H,20-22H2,1-5H3,(H,33,35)/t27?,31-/m0/s1. The first kappa shape index (κ1) is 28.7. The summed E-state index contributed by atoms with van der Waals surface area (Å²) in [4.78, 5) is 25.1. The first-order chi connectivity index (χ1) is 18.1. The lowest BCUT2D eigenvalue weighted by molar-refractivity contribution is -0.147. The highest BCUT2D eigenvalue weighted by molar-refractivity contribution is 5.85. The fraction of sp³-hybridized carbons (Fsp3) is 0.355. The summed E-state index contributed by atoms with van der Waals surface area (Å²) >= 11 is 0. The summed E-state index contributed by atoms with van der Waals surface area (Å²) in [5, 5.41) is 6.28. The zero-order valence-electron chi connectivity index (χ0n) is 22.8. The Morgan fingerprint density at radius 2 is 1.47 bits per heavy atom. The van der Waals surface area contributed by atoms with E-state index in [1.807, 2.05) is 60.7 Å². The molecule has 3 aromatic rings. The summed E-state index contributed by atoms with van der Waals surface area (Å²) in [6.07, 6.45) is -0.488. The largest absolute Gasteiger partial charge is 0.492 e. The fourth-order valence-electron chi connectivity index (χ4n) is 4.05. The molecule has 0 aliphatic rings. The van der Waals surface area contributed by atoms with Gasteiger partial charge in [-0.05, 0) is 56.5 Å². The number of esters is 1. The van der Waals surface area contributed by atoms with Crippen LogP contribution >= 0.6 is 0 Å². The number of carbonyl (C=O) groups excluding carboxylic acids is 2. The second-order valence-corrected chi connectivity index (χ2v) is 10.4. The lowest BCUT2D eigenvalue weighted by atomic mass is 9.93. The molecule has 2 N–H and O–H groups in total. The molecule has 0 bridgehead atoms. The van der Waals surface area contributed by atoms with Gasteiger partial charge in [0.1, 0.15) is 23.5 Å². The van der Waals surface area contributed by atoms with Crippen LogP contribution in [0.4, 0.5) is 4.79 Å². The molecule has 202 valence electrons. The summed E-state index contributed by atoms with van der Waals surface area (Å²) in [7, 11) is 1.29. The zero-order valence-corrected chi connectivity index (χ0v) is 22.8. The minimum absolute atomic E-state index is 0.0331. The second-order valence-electron chi connectivity index (χ2n) is 10.4. The third kappa shape index (κ3) is 8.92. The number of benzene rings is 3. The smallest absolute Gasteiger partial charge is 0.408 e. The molecule has 0 fully saturated rings. The molecule has 0 radical (unpaired) electrons. The maximum absolute atomic E-state index is 12.7. The molecular weight excluding hydrogens is 480 g/mol. The molecule has 2 atom stereocenters. The Labute approximate surface area is 225 Å². The minimum atomic E-state index is -1.32. The van der Waals surface area contributed by atoms with Crippen molar-refractivity contribution >= 4 is 12.1 Å². The molecule has 0 aliphatic carbocycles. The Balaban J connectivity index is 1.71. The van der Waals surface area contributed by atoms with Crippen LogP contribution in [0.15, 0.2) is 84.9 Å². The maximum atomic E-state index is 12.7. The Bertz CT molecular complexity index is 1180. The van der Waals surface area contributed by atoms with E-state index in [2.05, 4.69) is 34.9 Å². The number of alkyl carbamates (subject to hydrolysis) is 1. The highest BCUT2D eigenvalue weighted by atomic mass is 16.6. The predicted octanol–water partition coefficient (Wildman–Crippen LogP) is 5.60. The lowest BCUT2D eigenvalue weighted by Gasteiger charge is -2.30. The monoisotopic (exact) mass is 518 g/mol. The molecule has 0 saturated heterocycles. The number of nitrogens with one attached hydrogen (secondary N) is 2. The van der Waals surface area contributed by atoms with Crippen molar-refractivity contribution < 1.29 is 23.8 Å². The molecular formula is C31H38N2O5. The van der Waals surface area contributed by atoms with E-state index in [1.54, 1.807) is 27.7 Å². The molecule has 3 aromatic carbocycles. The van der Waals surface area contributed by atoms with Crippen molar-refractivity contribution in [1.29, 1.82) is 0 Å². The van der Waals surface area contributed by atoms with Gasteiger partial charge in [-0.3, -0.25) is 0 Å². The van der Waals surface area contributed by atoms with E-state index in [0.29, 0.717) is 18.9 Å². The average Bonchev–Trinajstić information content (AvgIpc) is 2.88. The molecule has 0 saturated carbocycles. The van der Waals surface area contributed by atoms with Gasteiger partial charge in [-0.15, -0.1) is 0 Å². The van der Waals surface area contributed by atoms with Gasteiger partial charge >= 0.3 is 12.1 Å². The van der Waals surface area contributed by atoms with Crippen LogP contribution in [0.1, 0.15) is 50.4 Å². The second kappa shape index (κ2) is 13.1. The zero-order chi connectivity index (χ0) is 27.6. The van der Waals surface area contributed by atoms with Gasteiger partial charge in [0.05, 0.1) is 13.2 Å². The number of hydrogen-bond donors (Lipinski definition) is 2. The van der Waals surface area contributed by atoms with Gasteiger partial charge in [0, 0.05) is 13.0 Å². The van der Waals surface area contributed by atoms with Crippen LogP contribution in [0.25, 0.3) is 0 Å². The van der Waals surface area contributed by atoms with E-state index < -0.39 is 23.2 Å². The van der Waals surface area contributed by atoms with Crippen LogP contribution in [-0.4, -0.2) is 36.9 Å². The van der Waals surface area contributed by atoms with Crippen molar-refractivity contribution in [3.05, 3.63) is 102 Å². The number of ether oxygens (including phenoxy) is 3. The molecule has 7 nitrogen and oxygen atoms in total. The summed E-state index contributed by atoms with van der Waals surface area (Å²) in [5.41, 5.74) is 1.10. The van der Waals surface area contributed by atoms with Crippen LogP contribution in [0.2, 0.25) is 0 Å². The van der Waals surface area contributed by atoms with E-state index in [-0.39, 0.29) is 12.5 Å². The quantitative estimate of drug-likeness (QED) is 0.322. The van der Waals surface area contributed by atoms with Gasteiger partial charge in [0.25, 0.3) is 0 Å². The van der Waals surface area contributed by atoms with Gasteiger partial charge < -0.3 is 24.8 Å². The molecule has 1 unspecified atom stereocenters. The normalized spacial score (nSPS) is 13.6. The highest BCUT2D eigenvalue weighted by Gasteiger charge is 2.38. The Kier molecular flexibility index (Phi) is 9.91. The van der Waals surface area contributed by atoms with Crippen LogP contribution in [0.5, 0.6) is 5.75 Å². The summed E-state index contributed by atoms with van der Waals surface area (Å²) < 4.78 is 16.6. The Morgan fingerprint density at radius 3 is 2.11 bits per heavy atom. The molecule has 3 rings (SSSR count). The van der Waals surface area contributed by atoms with E-state index in [4.69, 9.17) is 14.2 Å². The molecule has 7 heteroatoms. The molecule has 0 heterocycles. The van der Waals surface area contributed by atoms with Crippen molar-refractivity contribution in [3.63, 3.8) is 0 Å². The van der Waals surface area contributed by atoms with Gasteiger partial charge in [-0.2, -0.15) is 0 Å². The van der Waals surface area contributed by atoms with Crippen molar-refractivity contribution in [2.45, 2.75) is 57.8 Å². The summed E-state index contributed by atoms with van der Waals surface area (Å²) in [5.74, 6) is 0.0957. The molecule has 1 amide bonds. The number of carbonyl (C=O) groups is 2. The lowest BCUT2D eigenvalue weighted by Crippen LogP contribution is -2.55. The van der Waals surface area contributed by atoms with Crippen LogP contribution in [0, 0.1) is 0 Å². The first-order valence-corrected chi connectivity index (χ1v) is 12.7. The van der Waals surface area contributed by atoms with Gasteiger partial charge in [-0.1, -0.05) is 72.8 Å². The van der Waals surface area contributed by atoms with Crippen LogP contribution in [0.3, 0.4) is 0 Å². The Hall–Kier alpha value is -3.84. The fourth-order valence-corrected chi connectivity index (χ4v) is 4.05. The minimum Gasteiger partial charge on any atom is -0.492 e. The molecule has 38 heavy (non-hydrogen) atoms. The summed E-state index contributed by atoms with van der Waals surface area (Å²) in [6.45, 7) is 8.03. The van der Waals surface area contributed by atoms with Crippen molar-refractivity contribution in [3.8, 4) is 5.75 Å². The molecule has 0 aromatic heterocycles. The van der Waals surface area contributed by atoms with E-state index in [1.165, 1.54) is 12.7 Å². The average molecular weight is 519 g/mol. The van der Waals surface area contributed by atoms with Crippen LogP contribution in [-0.2, 0) is 27.2 Å². The first-order valence-electron chi connectivity index (χ1n) is 12.7. The highest BCUT2D eigenvalue weighted by Crippen LogP contribution is 2.22. The van der Waals surface area contributed by atoms with Crippen molar-refractivity contribution in [2.75, 3.05) is 13.7 Å². The molecule has 0 aliphatic heterocycles. The number of hydrogen-bond acceptors (Lipinski definition) is 6. The summed E-state index contributed by atoms with van der Waals surface area (Å²) in [6, 6.07) is 27.9. The van der Waals surface area contributed by atoms with E-state index in [9.17, 15) is 9.59 Å². The molecule has 0 spiro atoms. The SMILES string of the molecule is COC(=O)[C@](C)(Cc1cccc(OCC(NCc2ccccc2)c2ccccc2)c1)NC(=O)OC(C)(C)C. The van der Waals surface area contributed by atoms with Crippen molar-refractivity contribution in [1.82, 2.24) is 10.6 Å². The van der Waals surface area contributed by atoms with Gasteiger partial charge in [0.2, 0.25) is 0 Å². The maximum Gasteiger partial charge on any atom is 0.408 e. The Morgan fingerprint density at radius 1 is 0.842 bits per heavy atom. The number of amides is 1. The topological polar surface area (TPSA) is 85.9 Å². The van der Waals surface area contributed by atoms with E-state index >= 15 is 0 Å². The third-order valence-corrected chi connectivity index (χ3v) is 5.88. The third-order valence-electron chi connectivity index (χ3n) is 5.88. The van der Waals surface area contributed by atoms with Gasteiger partial charge in [0.15, 0.2) is 0 Å². The van der Waals surface area contributed by atoms with Crippen molar-refractivity contribution in [2.24, 2.45) is 0 Å². The van der Waals surface area contributed by atoms with E-state index in [0.717, 1.165) is 11.1 Å².